The first-order valence-corrected chi connectivity index (χ1v) is 26.8. The number of carbonyl (C=O) groups excluding carboxylic acids is 2. The topological polar surface area (TPSA) is 501 Å². The number of aliphatic hydroxyl groups is 2. The summed E-state index contributed by atoms with van der Waals surface area (Å²) in [5.74, 6) is -1.60. The van der Waals surface area contributed by atoms with Gasteiger partial charge in [0.05, 0.1) is 37.0 Å². The Bertz CT molecular complexity index is 3210. The molecule has 38 heteroatoms. The summed E-state index contributed by atoms with van der Waals surface area (Å²) in [6, 6.07) is 12.8. The van der Waals surface area contributed by atoms with E-state index in [0.29, 0.717) is 11.4 Å². The van der Waals surface area contributed by atoms with Gasteiger partial charge in [0.25, 0.3) is 0 Å². The zero-order chi connectivity index (χ0) is 53.9. The fourth-order valence-electron chi connectivity index (χ4n) is 7.33. The van der Waals surface area contributed by atoms with Crippen molar-refractivity contribution in [1.82, 2.24) is 39.0 Å². The van der Waals surface area contributed by atoms with E-state index in [9.17, 15) is 47.8 Å². The quantitative estimate of drug-likeness (QED) is 0.0407. The van der Waals surface area contributed by atoms with Crippen molar-refractivity contribution in [2.75, 3.05) is 49.4 Å². The van der Waals surface area contributed by atoms with E-state index >= 15 is 0 Å². The lowest BCUT2D eigenvalue weighted by Gasteiger charge is -2.22. The van der Waals surface area contributed by atoms with Gasteiger partial charge >= 0.3 is 43.2 Å². The number of rotatable bonds is 18. The number of esters is 2. The third-order valence-electron chi connectivity index (χ3n) is 10.5. The standard InChI is InChI=1S/2C18H22N6O11P2/c1-20-10-5-3-2-4-9(10)18(26)34-14-11(6-32-37(30,31)35-36(27,28)29)33-17(13(14)25)24-8-23-12-15(19)21-7-22-16(12)24;1-20-10-5-3-2-4-9(10)18(26)34-14-13(25)11(6-32-37(30,31)35-36(27,28)29)33-17(14)24-8-23-12-15(19)21-7-22-16(12)24/h2*2-5,7-8,11,13-14,17,20,25H,6H2,1H3,(H,30,31)(H2,19,21,22)(H2,27,28,29). The summed E-state index contributed by atoms with van der Waals surface area (Å²) in [5.41, 5.74) is 13.5. The number of nitrogens with two attached hydrogens (primary N) is 2. The minimum Gasteiger partial charge on any atom is -0.453 e. The van der Waals surface area contributed by atoms with E-state index in [1.54, 1.807) is 50.5 Å². The molecule has 10 unspecified atom stereocenters. The number of para-hydroxylation sites is 2. The Hall–Kier alpha value is -5.96. The molecule has 0 radical (unpaired) electrons. The molecule has 2 saturated heterocycles. The van der Waals surface area contributed by atoms with Gasteiger partial charge in [0.1, 0.15) is 48.1 Å². The Balaban J connectivity index is 0.000000216. The van der Waals surface area contributed by atoms with E-state index in [0.717, 1.165) is 12.7 Å². The second kappa shape index (κ2) is 22.5. The van der Waals surface area contributed by atoms with Gasteiger partial charge < -0.3 is 80.6 Å². The van der Waals surface area contributed by atoms with Gasteiger partial charge in [-0.05, 0) is 24.3 Å². The van der Waals surface area contributed by atoms with Gasteiger partial charge in [0, 0.05) is 25.5 Å². The minimum absolute atomic E-state index is 0.0504. The van der Waals surface area contributed by atoms with Crippen LogP contribution in [0.1, 0.15) is 33.2 Å². The Labute approximate surface area is 414 Å². The lowest BCUT2D eigenvalue weighted by atomic mass is 10.1. The molecule has 0 saturated carbocycles. The number of hydrogen-bond donors (Lipinski definition) is 12. The molecule has 2 aliphatic heterocycles. The summed E-state index contributed by atoms with van der Waals surface area (Å²) >= 11 is 0. The monoisotopic (exact) mass is 1120 g/mol. The zero-order valence-electron chi connectivity index (χ0n) is 37.8. The molecule has 0 spiro atoms. The highest BCUT2D eigenvalue weighted by molar-refractivity contribution is 7.61. The molecule has 6 aromatic rings. The van der Waals surface area contributed by atoms with Crippen LogP contribution in [-0.4, -0.2) is 154 Å². The fraction of sp³-hybridized carbons (Fsp3) is 0.333. The third kappa shape index (κ3) is 13.1. The van der Waals surface area contributed by atoms with Crippen molar-refractivity contribution in [1.29, 1.82) is 0 Å². The molecule has 400 valence electrons. The van der Waals surface area contributed by atoms with E-state index in [1.807, 2.05) is 0 Å². The number of carbonyl (C=O) groups is 2. The van der Waals surface area contributed by atoms with Crippen LogP contribution >= 0.6 is 31.3 Å². The molecule has 2 aromatic carbocycles. The SMILES string of the molecule is CNc1ccccc1C(=O)OC1C(COP(=O)(O)OP(=O)(O)O)OC(n2cnc3c(N)ncnc32)C1O.CNc1ccccc1C(=O)OC1C(O)C(COP(=O)(O)OP(=O)(O)O)OC1n1cnc2c(N)ncnc21. The predicted octanol–water partition coefficient (Wildman–Crippen LogP) is 0.321. The normalized spacial score (nSPS) is 23.6. The largest absolute Gasteiger partial charge is 0.481 e. The molecule has 4 aromatic heterocycles. The van der Waals surface area contributed by atoms with Crippen LogP contribution in [0.15, 0.2) is 73.8 Å². The number of nitrogen functional groups attached to an aromatic ring is 2. The molecular weight excluding hydrogens is 1080 g/mol. The Kier molecular flexibility index (Phi) is 16.9. The van der Waals surface area contributed by atoms with Gasteiger partial charge in [-0.1, -0.05) is 24.3 Å². The number of benzene rings is 2. The van der Waals surface area contributed by atoms with Crippen LogP contribution in [0.3, 0.4) is 0 Å². The number of imidazole rings is 2. The first-order valence-electron chi connectivity index (χ1n) is 20.8. The van der Waals surface area contributed by atoms with Crippen molar-refractivity contribution in [3.63, 3.8) is 0 Å². The number of hydrogen-bond acceptors (Lipinski definition) is 26. The summed E-state index contributed by atoms with van der Waals surface area (Å²) in [4.78, 5) is 104. The molecular formula is C36H44N12O22P4. The molecule has 14 N–H and O–H groups in total. The van der Waals surface area contributed by atoms with Crippen molar-refractivity contribution in [2.45, 2.75) is 49.1 Å². The first-order chi connectivity index (χ1) is 34.8. The van der Waals surface area contributed by atoms with Gasteiger partial charge in [0.15, 0.2) is 47.6 Å². The van der Waals surface area contributed by atoms with Crippen molar-refractivity contribution < 1.29 is 104 Å². The Morgan fingerprint density at radius 3 is 1.49 bits per heavy atom. The van der Waals surface area contributed by atoms with Gasteiger partial charge in [-0.2, -0.15) is 8.62 Å². The van der Waals surface area contributed by atoms with E-state index in [-0.39, 0.29) is 45.1 Å². The number of aromatic nitrogens is 8. The fourth-order valence-corrected chi connectivity index (χ4v) is 10.5. The van der Waals surface area contributed by atoms with Crippen LogP contribution in [0, 0.1) is 0 Å². The van der Waals surface area contributed by atoms with Crippen molar-refractivity contribution in [3.05, 3.63) is 85.0 Å². The number of nitrogens with one attached hydrogen (secondary N) is 2. The number of fused-ring (bicyclic) bond motifs is 2. The second-order valence-electron chi connectivity index (χ2n) is 15.3. The lowest BCUT2D eigenvalue weighted by molar-refractivity contribution is -0.0558. The van der Waals surface area contributed by atoms with Crippen LogP contribution in [0.4, 0.5) is 23.0 Å². The second-order valence-corrected chi connectivity index (χ2v) is 20.9. The van der Waals surface area contributed by atoms with Crippen LogP contribution in [0.25, 0.3) is 22.3 Å². The van der Waals surface area contributed by atoms with E-state index < -0.39 is 106 Å². The molecule has 74 heavy (non-hydrogen) atoms. The van der Waals surface area contributed by atoms with Gasteiger partial charge in [-0.3, -0.25) is 18.2 Å². The van der Waals surface area contributed by atoms with Crippen LogP contribution in [0.5, 0.6) is 0 Å². The summed E-state index contributed by atoms with van der Waals surface area (Å²) in [7, 11) is -18.1. The molecule has 0 bridgehead atoms. The van der Waals surface area contributed by atoms with Crippen molar-refractivity contribution >= 4 is 88.6 Å². The minimum atomic E-state index is -5.39. The lowest BCUT2D eigenvalue weighted by Crippen LogP contribution is -2.38. The Morgan fingerprint density at radius 2 is 1.03 bits per heavy atom. The molecule has 34 nitrogen and oxygen atoms in total. The van der Waals surface area contributed by atoms with Crippen molar-refractivity contribution in [3.8, 4) is 0 Å². The van der Waals surface area contributed by atoms with E-state index in [4.69, 9.17) is 50.0 Å². The van der Waals surface area contributed by atoms with E-state index in [2.05, 4.69) is 58.2 Å². The van der Waals surface area contributed by atoms with Crippen LogP contribution < -0.4 is 22.1 Å². The highest BCUT2D eigenvalue weighted by Crippen LogP contribution is 2.59. The molecule has 2 aliphatic rings. The summed E-state index contributed by atoms with van der Waals surface area (Å²) in [5, 5.41) is 27.7. The molecule has 10 atom stereocenters. The summed E-state index contributed by atoms with van der Waals surface area (Å²) in [6.45, 7) is -1.76. The molecule has 6 heterocycles. The number of nitrogens with zero attached hydrogens (tertiary/aromatic N) is 8. The number of ether oxygens (including phenoxy) is 4. The highest BCUT2D eigenvalue weighted by atomic mass is 31.3. The average molecular weight is 1120 g/mol. The average Bonchev–Trinajstić information content (AvgIpc) is 4.11. The molecule has 0 aliphatic carbocycles. The van der Waals surface area contributed by atoms with E-state index in [1.165, 1.54) is 33.9 Å². The number of anilines is 4. The Morgan fingerprint density at radius 1 is 0.608 bits per heavy atom. The predicted molar refractivity (Wildman–Crippen MR) is 248 cm³/mol. The smallest absolute Gasteiger partial charge is 0.453 e. The number of phosphoric ester groups is 2. The zero-order valence-corrected chi connectivity index (χ0v) is 41.4. The molecule has 0 amide bonds. The maximum atomic E-state index is 13.0. The maximum Gasteiger partial charge on any atom is 0.481 e. The van der Waals surface area contributed by atoms with Crippen molar-refractivity contribution in [2.24, 2.45) is 0 Å². The van der Waals surface area contributed by atoms with Crippen LogP contribution in [0.2, 0.25) is 0 Å². The van der Waals surface area contributed by atoms with Crippen LogP contribution in [-0.2, 0) is 54.9 Å². The van der Waals surface area contributed by atoms with Gasteiger partial charge in [-0.15, -0.1) is 0 Å². The summed E-state index contributed by atoms with van der Waals surface area (Å²) < 4.78 is 87.7. The highest BCUT2D eigenvalue weighted by Gasteiger charge is 2.51. The third-order valence-corrected chi connectivity index (χ3v) is 14.8. The first kappa shape index (κ1) is 55.8. The summed E-state index contributed by atoms with van der Waals surface area (Å²) in [6.07, 6.45) is -6.77. The molecule has 2 fully saturated rings. The van der Waals surface area contributed by atoms with Gasteiger partial charge in [0.2, 0.25) is 0 Å². The number of aliphatic hydroxyl groups excluding tert-OH is 2. The van der Waals surface area contributed by atoms with Gasteiger partial charge in [-0.25, -0.2) is 57.8 Å². The maximum absolute atomic E-state index is 13.0. The number of phosphoric acid groups is 4. The molecule has 8 rings (SSSR count).